The van der Waals surface area contributed by atoms with Crippen LogP contribution in [0.4, 0.5) is 0 Å². The lowest BCUT2D eigenvalue weighted by molar-refractivity contribution is -0.134. The number of aryl methyl sites for hydroxylation is 1. The quantitative estimate of drug-likeness (QED) is 0.905. The predicted octanol–water partition coefficient (Wildman–Crippen LogP) is 1.74. The molecule has 0 spiro atoms. The molecule has 0 aliphatic carbocycles. The van der Waals surface area contributed by atoms with Gasteiger partial charge in [-0.3, -0.25) is 9.59 Å². The summed E-state index contributed by atoms with van der Waals surface area (Å²) in [6.45, 7) is 3.24. The molecule has 0 saturated carbocycles. The number of primary amides is 1. The number of hydrogen-bond acceptors (Lipinski definition) is 2. The Hall–Kier alpha value is -2.30. The number of nitrogens with one attached hydrogen (secondary N) is 1. The Kier molecular flexibility index (Phi) is 3.88. The summed E-state index contributed by atoms with van der Waals surface area (Å²) < 4.78 is 0. The number of nitrogens with two attached hydrogens (primary N) is 1. The summed E-state index contributed by atoms with van der Waals surface area (Å²) in [5.74, 6) is -0.214. The number of rotatable bonds is 3. The molecule has 0 bridgehead atoms. The van der Waals surface area contributed by atoms with Gasteiger partial charge in [0.05, 0.1) is 6.42 Å². The SMILES string of the molecule is Cc1[nH]c2ccccc2c1CC(=O)N1CCC(C(N)=O)CC1. The van der Waals surface area contributed by atoms with E-state index in [1.807, 2.05) is 36.1 Å². The van der Waals surface area contributed by atoms with E-state index < -0.39 is 0 Å². The van der Waals surface area contributed by atoms with E-state index in [4.69, 9.17) is 5.73 Å². The lowest BCUT2D eigenvalue weighted by Gasteiger charge is -2.30. The first-order chi connectivity index (χ1) is 10.6. The minimum Gasteiger partial charge on any atom is -0.369 e. The van der Waals surface area contributed by atoms with Gasteiger partial charge >= 0.3 is 0 Å². The van der Waals surface area contributed by atoms with Crippen molar-refractivity contribution in [1.29, 1.82) is 0 Å². The number of para-hydroxylation sites is 1. The number of aromatic nitrogens is 1. The number of nitrogens with zero attached hydrogens (tertiary/aromatic N) is 1. The predicted molar refractivity (Wildman–Crippen MR) is 85.2 cm³/mol. The Morgan fingerprint density at radius 1 is 1.27 bits per heavy atom. The van der Waals surface area contributed by atoms with Crippen LogP contribution >= 0.6 is 0 Å². The Bertz CT molecular complexity index is 712. The topological polar surface area (TPSA) is 79.2 Å². The molecule has 5 heteroatoms. The number of carbonyl (C=O) groups excluding carboxylic acids is 2. The van der Waals surface area contributed by atoms with E-state index in [1.165, 1.54) is 0 Å². The summed E-state index contributed by atoms with van der Waals surface area (Å²) in [7, 11) is 0. The van der Waals surface area contributed by atoms with Crippen molar-refractivity contribution in [3.63, 3.8) is 0 Å². The molecule has 1 aromatic carbocycles. The molecule has 1 aliphatic heterocycles. The first kappa shape index (κ1) is 14.6. The number of hydrogen-bond donors (Lipinski definition) is 2. The number of amides is 2. The van der Waals surface area contributed by atoms with Gasteiger partial charge in [-0.1, -0.05) is 18.2 Å². The standard InChI is InChI=1S/C17H21N3O2/c1-11-14(13-4-2-3-5-15(13)19-11)10-16(21)20-8-6-12(7-9-20)17(18)22/h2-5,12,19H,6-10H2,1H3,(H2,18,22). The van der Waals surface area contributed by atoms with Crippen LogP contribution in [0, 0.1) is 12.8 Å². The smallest absolute Gasteiger partial charge is 0.227 e. The summed E-state index contributed by atoms with van der Waals surface area (Å²) in [6, 6.07) is 8.04. The first-order valence-corrected chi connectivity index (χ1v) is 7.69. The summed E-state index contributed by atoms with van der Waals surface area (Å²) in [5, 5.41) is 1.11. The van der Waals surface area contributed by atoms with Gasteiger partial charge in [0.15, 0.2) is 0 Å². The summed E-state index contributed by atoms with van der Waals surface area (Å²) >= 11 is 0. The van der Waals surface area contributed by atoms with Gasteiger partial charge in [-0.15, -0.1) is 0 Å². The van der Waals surface area contributed by atoms with Crippen LogP contribution in [0.5, 0.6) is 0 Å². The molecule has 2 heterocycles. The molecule has 116 valence electrons. The molecule has 1 fully saturated rings. The van der Waals surface area contributed by atoms with Crippen LogP contribution in [-0.2, 0) is 16.0 Å². The van der Waals surface area contributed by atoms with Crippen LogP contribution < -0.4 is 5.73 Å². The number of fused-ring (bicyclic) bond motifs is 1. The maximum absolute atomic E-state index is 12.5. The van der Waals surface area contributed by atoms with Gasteiger partial charge in [0.2, 0.25) is 11.8 Å². The second-order valence-corrected chi connectivity index (χ2v) is 6.01. The van der Waals surface area contributed by atoms with E-state index >= 15 is 0 Å². The lowest BCUT2D eigenvalue weighted by atomic mass is 9.95. The van der Waals surface area contributed by atoms with Crippen LogP contribution in [0.25, 0.3) is 10.9 Å². The van der Waals surface area contributed by atoms with Crippen molar-refractivity contribution in [2.45, 2.75) is 26.2 Å². The Morgan fingerprint density at radius 2 is 1.95 bits per heavy atom. The highest BCUT2D eigenvalue weighted by atomic mass is 16.2. The number of carbonyl (C=O) groups is 2. The average Bonchev–Trinajstić information content (AvgIpc) is 2.83. The second-order valence-electron chi connectivity index (χ2n) is 6.01. The van der Waals surface area contributed by atoms with Gasteiger partial charge in [0.1, 0.15) is 0 Å². The molecule has 22 heavy (non-hydrogen) atoms. The molecule has 0 atom stereocenters. The van der Waals surface area contributed by atoms with Gasteiger partial charge < -0.3 is 15.6 Å². The van der Waals surface area contributed by atoms with Crippen LogP contribution in [0.3, 0.4) is 0 Å². The number of benzene rings is 1. The van der Waals surface area contributed by atoms with Gasteiger partial charge in [-0.05, 0) is 31.4 Å². The number of aromatic amines is 1. The summed E-state index contributed by atoms with van der Waals surface area (Å²) in [5.41, 5.74) is 8.51. The molecule has 1 saturated heterocycles. The first-order valence-electron chi connectivity index (χ1n) is 7.69. The highest BCUT2D eigenvalue weighted by molar-refractivity contribution is 5.90. The fourth-order valence-electron chi connectivity index (χ4n) is 3.24. The van der Waals surface area contributed by atoms with E-state index in [0.717, 1.165) is 22.2 Å². The minimum absolute atomic E-state index is 0.0844. The molecule has 1 aliphatic rings. The van der Waals surface area contributed by atoms with E-state index in [0.29, 0.717) is 32.4 Å². The largest absolute Gasteiger partial charge is 0.369 e. The van der Waals surface area contributed by atoms with Crippen molar-refractivity contribution in [1.82, 2.24) is 9.88 Å². The molecule has 0 radical (unpaired) electrons. The molecule has 5 nitrogen and oxygen atoms in total. The van der Waals surface area contributed by atoms with Crippen molar-refractivity contribution in [2.75, 3.05) is 13.1 Å². The number of H-pyrrole nitrogens is 1. The van der Waals surface area contributed by atoms with Crippen LogP contribution in [0.1, 0.15) is 24.1 Å². The maximum atomic E-state index is 12.5. The van der Waals surface area contributed by atoms with Crippen LogP contribution in [0.15, 0.2) is 24.3 Å². The molecular weight excluding hydrogens is 278 g/mol. The van der Waals surface area contributed by atoms with E-state index in [9.17, 15) is 9.59 Å². The van der Waals surface area contributed by atoms with Gasteiger partial charge in [-0.25, -0.2) is 0 Å². The minimum atomic E-state index is -0.250. The number of likely N-dealkylation sites (tertiary alicyclic amines) is 1. The Balaban J connectivity index is 1.72. The molecule has 0 unspecified atom stereocenters. The van der Waals surface area contributed by atoms with Crippen molar-refractivity contribution in [2.24, 2.45) is 11.7 Å². The zero-order valence-electron chi connectivity index (χ0n) is 12.8. The van der Waals surface area contributed by atoms with E-state index in [1.54, 1.807) is 0 Å². The third-order valence-electron chi connectivity index (χ3n) is 4.61. The number of piperidine rings is 1. The van der Waals surface area contributed by atoms with Gasteiger partial charge in [0.25, 0.3) is 0 Å². The highest BCUT2D eigenvalue weighted by Gasteiger charge is 2.26. The molecule has 2 amide bonds. The maximum Gasteiger partial charge on any atom is 0.227 e. The third-order valence-corrected chi connectivity index (χ3v) is 4.61. The van der Waals surface area contributed by atoms with Gasteiger partial charge in [0, 0.05) is 35.6 Å². The lowest BCUT2D eigenvalue weighted by Crippen LogP contribution is -2.42. The third kappa shape index (κ3) is 2.71. The van der Waals surface area contributed by atoms with Crippen molar-refractivity contribution in [3.8, 4) is 0 Å². The van der Waals surface area contributed by atoms with Crippen molar-refractivity contribution < 1.29 is 9.59 Å². The fourth-order valence-corrected chi connectivity index (χ4v) is 3.24. The molecule has 3 N–H and O–H groups in total. The van der Waals surface area contributed by atoms with Crippen LogP contribution in [-0.4, -0.2) is 34.8 Å². The van der Waals surface area contributed by atoms with Crippen molar-refractivity contribution >= 4 is 22.7 Å². The van der Waals surface area contributed by atoms with E-state index in [2.05, 4.69) is 4.98 Å². The average molecular weight is 299 g/mol. The van der Waals surface area contributed by atoms with Gasteiger partial charge in [-0.2, -0.15) is 0 Å². The summed E-state index contributed by atoms with van der Waals surface area (Å²) in [4.78, 5) is 28.9. The summed E-state index contributed by atoms with van der Waals surface area (Å²) in [6.07, 6.45) is 1.75. The second kappa shape index (κ2) is 5.83. The Labute approximate surface area is 129 Å². The molecule has 3 rings (SSSR count). The highest BCUT2D eigenvalue weighted by Crippen LogP contribution is 2.24. The molecule has 2 aromatic rings. The normalized spacial score (nSPS) is 16.1. The molecular formula is C17H21N3O2. The monoisotopic (exact) mass is 299 g/mol. The fraction of sp³-hybridized carbons (Fsp3) is 0.412. The Morgan fingerprint density at radius 3 is 2.64 bits per heavy atom. The zero-order chi connectivity index (χ0) is 15.7. The zero-order valence-corrected chi connectivity index (χ0v) is 12.8. The molecule has 1 aromatic heterocycles. The van der Waals surface area contributed by atoms with Crippen LogP contribution in [0.2, 0.25) is 0 Å². The van der Waals surface area contributed by atoms with Crippen molar-refractivity contribution in [3.05, 3.63) is 35.5 Å². The van der Waals surface area contributed by atoms with E-state index in [-0.39, 0.29) is 17.7 Å².